The van der Waals surface area contributed by atoms with Crippen LogP contribution in [0.25, 0.3) is 10.9 Å². The molecule has 1 fully saturated rings. The van der Waals surface area contributed by atoms with Gasteiger partial charge in [0.25, 0.3) is 0 Å². The van der Waals surface area contributed by atoms with Crippen LogP contribution < -0.4 is 5.32 Å². The smallest absolute Gasteiger partial charge is 0.341 e. The predicted octanol–water partition coefficient (Wildman–Crippen LogP) is 7.14. The van der Waals surface area contributed by atoms with Crippen molar-refractivity contribution in [3.63, 3.8) is 0 Å². The third kappa shape index (κ3) is 4.59. The number of aromatic nitrogens is 1. The van der Waals surface area contributed by atoms with E-state index in [1.165, 1.54) is 64.7 Å². The van der Waals surface area contributed by atoms with Gasteiger partial charge >= 0.3 is 5.97 Å². The maximum absolute atomic E-state index is 13.5. The summed E-state index contributed by atoms with van der Waals surface area (Å²) in [5.74, 6) is 0.383. The summed E-state index contributed by atoms with van der Waals surface area (Å²) in [7, 11) is 0. The number of amides is 1. The first kappa shape index (κ1) is 26.3. The SMILES string of the molecule is CCOC(=O)c1c(NC(=O)CN2CCn3c4c(c5cc(C6CCCCC6)ccc53)CCC[C@H]42)sc2c1CCCC2. The van der Waals surface area contributed by atoms with Crippen molar-refractivity contribution in [1.29, 1.82) is 0 Å². The molecule has 1 aliphatic heterocycles. The second kappa shape index (κ2) is 11.0. The first-order chi connectivity index (χ1) is 19.6. The molecule has 3 aromatic rings. The quantitative estimate of drug-likeness (QED) is 0.326. The Labute approximate surface area is 241 Å². The van der Waals surface area contributed by atoms with Crippen molar-refractivity contribution in [2.75, 3.05) is 25.0 Å². The Balaban J connectivity index is 1.13. The number of fused-ring (bicyclic) bond motifs is 4. The van der Waals surface area contributed by atoms with E-state index in [0.717, 1.165) is 63.6 Å². The van der Waals surface area contributed by atoms with Gasteiger partial charge in [0.2, 0.25) is 5.91 Å². The fourth-order valence-electron chi connectivity index (χ4n) is 8.00. The molecule has 1 saturated carbocycles. The number of carbonyl (C=O) groups excluding carboxylic acids is 2. The second-order valence-corrected chi connectivity index (χ2v) is 13.3. The third-order valence-electron chi connectivity index (χ3n) is 9.84. The molecule has 1 N–H and O–H groups in total. The average molecular weight is 560 g/mol. The molecule has 0 saturated heterocycles. The number of ether oxygens (including phenoxy) is 1. The van der Waals surface area contributed by atoms with Crippen LogP contribution in [0.15, 0.2) is 18.2 Å². The van der Waals surface area contributed by atoms with Crippen molar-refractivity contribution in [2.45, 2.75) is 102 Å². The second-order valence-electron chi connectivity index (χ2n) is 12.2. The van der Waals surface area contributed by atoms with Crippen LogP contribution in [0, 0.1) is 0 Å². The molecule has 7 heteroatoms. The average Bonchev–Trinajstić information content (AvgIpc) is 3.51. The standard InChI is InChI=1S/C33H41N3O3S/c1-2-39-33(38)30-24-11-6-7-14-28(24)40-32(30)34-29(37)20-35-17-18-36-26-16-15-22(21-9-4-3-5-10-21)19-25(26)23-12-8-13-27(35)31(23)36/h15-16,19,21,27H,2-14,17-18,20H2,1H3,(H,34,37)/t27-/m1/s1. The third-order valence-corrected chi connectivity index (χ3v) is 11.0. The van der Waals surface area contributed by atoms with Gasteiger partial charge in [0, 0.05) is 34.6 Å². The molecule has 0 spiro atoms. The summed E-state index contributed by atoms with van der Waals surface area (Å²) >= 11 is 1.58. The number of carbonyl (C=O) groups is 2. The minimum absolute atomic E-state index is 0.0274. The normalized spacial score (nSPS) is 21.2. The van der Waals surface area contributed by atoms with Gasteiger partial charge in [0.1, 0.15) is 5.00 Å². The van der Waals surface area contributed by atoms with E-state index in [1.807, 2.05) is 6.92 Å². The number of hydrogen-bond donors (Lipinski definition) is 1. The highest BCUT2D eigenvalue weighted by molar-refractivity contribution is 7.17. The van der Waals surface area contributed by atoms with E-state index < -0.39 is 0 Å². The minimum Gasteiger partial charge on any atom is -0.462 e. The van der Waals surface area contributed by atoms with Crippen LogP contribution in [0.4, 0.5) is 5.00 Å². The number of esters is 1. The van der Waals surface area contributed by atoms with Crippen LogP contribution in [0.3, 0.4) is 0 Å². The number of aryl methyl sites for hydroxylation is 2. The maximum Gasteiger partial charge on any atom is 0.341 e. The van der Waals surface area contributed by atoms with Gasteiger partial charge in [-0.3, -0.25) is 9.69 Å². The summed E-state index contributed by atoms with van der Waals surface area (Å²) < 4.78 is 7.95. The lowest BCUT2D eigenvalue weighted by molar-refractivity contribution is -0.118. The molecule has 3 aliphatic carbocycles. The van der Waals surface area contributed by atoms with Crippen LogP contribution in [0.2, 0.25) is 0 Å². The Kier molecular flexibility index (Phi) is 7.21. The van der Waals surface area contributed by atoms with Crippen LogP contribution in [0.1, 0.15) is 114 Å². The molecule has 1 atom stereocenters. The molecule has 0 radical (unpaired) electrons. The van der Waals surface area contributed by atoms with Crippen LogP contribution >= 0.6 is 11.3 Å². The number of benzene rings is 1. The van der Waals surface area contributed by atoms with Crippen molar-refractivity contribution in [3.8, 4) is 0 Å². The monoisotopic (exact) mass is 559 g/mol. The van der Waals surface area contributed by atoms with Gasteiger partial charge in [0.05, 0.1) is 24.8 Å². The molecular weight excluding hydrogens is 518 g/mol. The van der Waals surface area contributed by atoms with Crippen molar-refractivity contribution in [3.05, 3.63) is 51.0 Å². The van der Waals surface area contributed by atoms with E-state index in [1.54, 1.807) is 11.3 Å². The zero-order valence-corrected chi connectivity index (χ0v) is 24.5. The van der Waals surface area contributed by atoms with E-state index >= 15 is 0 Å². The molecule has 0 bridgehead atoms. The van der Waals surface area contributed by atoms with Crippen molar-refractivity contribution < 1.29 is 14.3 Å². The highest BCUT2D eigenvalue weighted by Gasteiger charge is 2.36. The van der Waals surface area contributed by atoms with Crippen LogP contribution in [-0.4, -0.2) is 41.0 Å². The van der Waals surface area contributed by atoms with Gasteiger partial charge in [-0.2, -0.15) is 0 Å². The lowest BCUT2D eigenvalue weighted by atomic mass is 9.83. The fraction of sp³-hybridized carbons (Fsp3) is 0.576. The fourth-order valence-corrected chi connectivity index (χ4v) is 9.29. The number of nitrogens with zero attached hydrogens (tertiary/aromatic N) is 2. The van der Waals surface area contributed by atoms with E-state index in [2.05, 4.69) is 33.0 Å². The molecule has 212 valence electrons. The summed E-state index contributed by atoms with van der Waals surface area (Å²) in [5.41, 5.74) is 7.56. The topological polar surface area (TPSA) is 63.6 Å². The molecule has 2 aromatic heterocycles. The molecule has 6 nitrogen and oxygen atoms in total. The van der Waals surface area contributed by atoms with E-state index in [4.69, 9.17) is 4.74 Å². The number of hydrogen-bond acceptors (Lipinski definition) is 5. The first-order valence-corrected chi connectivity index (χ1v) is 16.4. The van der Waals surface area contributed by atoms with Gasteiger partial charge in [0.15, 0.2) is 0 Å². The summed E-state index contributed by atoms with van der Waals surface area (Å²) in [6, 6.07) is 7.56. The van der Waals surface area contributed by atoms with Gasteiger partial charge in [-0.1, -0.05) is 25.3 Å². The first-order valence-electron chi connectivity index (χ1n) is 15.6. The zero-order valence-electron chi connectivity index (χ0n) is 23.7. The van der Waals surface area contributed by atoms with E-state index in [-0.39, 0.29) is 17.9 Å². The summed E-state index contributed by atoms with van der Waals surface area (Å²) in [6.07, 6.45) is 14.2. The predicted molar refractivity (Wildman–Crippen MR) is 161 cm³/mol. The number of rotatable bonds is 6. The Bertz CT molecular complexity index is 1450. The summed E-state index contributed by atoms with van der Waals surface area (Å²) in [6.45, 7) is 4.30. The molecular formula is C33H41N3O3S. The van der Waals surface area contributed by atoms with Crippen molar-refractivity contribution in [1.82, 2.24) is 9.47 Å². The molecule has 4 aliphatic rings. The molecule has 1 amide bonds. The lowest BCUT2D eigenvalue weighted by Crippen LogP contribution is -2.43. The zero-order chi connectivity index (χ0) is 27.2. The molecule has 1 aromatic carbocycles. The Morgan fingerprint density at radius 1 is 0.975 bits per heavy atom. The number of thiophene rings is 1. The van der Waals surface area contributed by atoms with Crippen LogP contribution in [0.5, 0.6) is 0 Å². The van der Waals surface area contributed by atoms with E-state index in [0.29, 0.717) is 29.6 Å². The highest BCUT2D eigenvalue weighted by atomic mass is 32.1. The number of nitrogens with one attached hydrogen (secondary N) is 1. The van der Waals surface area contributed by atoms with Gasteiger partial charge in [-0.15, -0.1) is 11.3 Å². The highest BCUT2D eigenvalue weighted by Crippen LogP contribution is 2.44. The molecule has 0 unspecified atom stereocenters. The molecule has 40 heavy (non-hydrogen) atoms. The molecule has 7 rings (SSSR count). The maximum atomic E-state index is 13.5. The summed E-state index contributed by atoms with van der Waals surface area (Å²) in [5, 5.41) is 5.29. The number of anilines is 1. The van der Waals surface area contributed by atoms with Crippen molar-refractivity contribution in [2.24, 2.45) is 0 Å². The Morgan fingerprint density at radius 3 is 2.65 bits per heavy atom. The van der Waals surface area contributed by atoms with Gasteiger partial charge in [-0.25, -0.2) is 4.79 Å². The molecule has 3 heterocycles. The van der Waals surface area contributed by atoms with E-state index in [9.17, 15) is 9.59 Å². The van der Waals surface area contributed by atoms with Crippen molar-refractivity contribution >= 4 is 39.1 Å². The van der Waals surface area contributed by atoms with Gasteiger partial charge in [-0.05, 0) is 99.5 Å². The Morgan fingerprint density at radius 2 is 1.80 bits per heavy atom. The Hall–Kier alpha value is -2.64. The summed E-state index contributed by atoms with van der Waals surface area (Å²) in [4.78, 5) is 30.0. The largest absolute Gasteiger partial charge is 0.462 e. The van der Waals surface area contributed by atoms with Crippen LogP contribution in [-0.2, 0) is 35.3 Å². The van der Waals surface area contributed by atoms with Gasteiger partial charge < -0.3 is 14.6 Å². The minimum atomic E-state index is -0.302. The lowest BCUT2D eigenvalue weighted by Gasteiger charge is -2.39.